The van der Waals surface area contributed by atoms with Crippen molar-refractivity contribution in [2.75, 3.05) is 0 Å². The van der Waals surface area contributed by atoms with E-state index in [1.807, 2.05) is 0 Å². The maximum Gasteiger partial charge on any atom is 0.220 e. The summed E-state index contributed by atoms with van der Waals surface area (Å²) >= 11 is 0. The highest BCUT2D eigenvalue weighted by atomic mass is 16.1. The van der Waals surface area contributed by atoms with Crippen LogP contribution in [-0.4, -0.2) is 21.9 Å². The molecular formula is C13H20N4O. The summed E-state index contributed by atoms with van der Waals surface area (Å²) in [5, 5.41) is 3.54. The normalized spacial score (nSPS) is 25.6. The Hall–Kier alpha value is -1.49. The van der Waals surface area contributed by atoms with Crippen molar-refractivity contribution in [1.29, 1.82) is 0 Å². The second-order valence-corrected chi connectivity index (χ2v) is 4.97. The molecule has 18 heavy (non-hydrogen) atoms. The van der Waals surface area contributed by atoms with Crippen molar-refractivity contribution in [2.24, 2.45) is 11.7 Å². The predicted octanol–water partition coefficient (Wildman–Crippen LogP) is 1.17. The molecule has 1 fully saturated rings. The van der Waals surface area contributed by atoms with Gasteiger partial charge in [0.05, 0.1) is 5.69 Å². The van der Waals surface area contributed by atoms with Crippen LogP contribution >= 0.6 is 0 Å². The summed E-state index contributed by atoms with van der Waals surface area (Å²) in [5.74, 6) is -0.0923. The SMILES string of the molecule is CC(NC1CCC(C(N)=O)CC1)c1cnccn1. The summed E-state index contributed by atoms with van der Waals surface area (Å²) in [7, 11) is 0. The van der Waals surface area contributed by atoms with Gasteiger partial charge in [-0.2, -0.15) is 0 Å². The molecule has 2 rings (SSSR count). The van der Waals surface area contributed by atoms with Crippen molar-refractivity contribution in [3.63, 3.8) is 0 Å². The zero-order chi connectivity index (χ0) is 13.0. The smallest absolute Gasteiger partial charge is 0.220 e. The van der Waals surface area contributed by atoms with E-state index in [2.05, 4.69) is 22.2 Å². The van der Waals surface area contributed by atoms with Gasteiger partial charge in [0.25, 0.3) is 0 Å². The number of carbonyl (C=O) groups is 1. The highest BCUT2D eigenvalue weighted by Crippen LogP contribution is 2.25. The van der Waals surface area contributed by atoms with Gasteiger partial charge in [0, 0.05) is 36.6 Å². The third-order valence-electron chi connectivity index (χ3n) is 3.64. The number of carbonyl (C=O) groups excluding carboxylic acids is 1. The van der Waals surface area contributed by atoms with Crippen LogP contribution < -0.4 is 11.1 Å². The maximum absolute atomic E-state index is 11.1. The highest BCUT2D eigenvalue weighted by Gasteiger charge is 2.25. The maximum atomic E-state index is 11.1. The molecule has 1 heterocycles. The molecule has 0 radical (unpaired) electrons. The molecule has 0 aromatic carbocycles. The van der Waals surface area contributed by atoms with Crippen LogP contribution in [0.15, 0.2) is 18.6 Å². The van der Waals surface area contributed by atoms with E-state index in [-0.39, 0.29) is 17.9 Å². The van der Waals surface area contributed by atoms with Gasteiger partial charge in [0.2, 0.25) is 5.91 Å². The van der Waals surface area contributed by atoms with E-state index in [4.69, 9.17) is 5.73 Å². The van der Waals surface area contributed by atoms with Crippen LogP contribution in [0.5, 0.6) is 0 Å². The fraction of sp³-hybridized carbons (Fsp3) is 0.615. The number of rotatable bonds is 4. The lowest BCUT2D eigenvalue weighted by molar-refractivity contribution is -0.122. The van der Waals surface area contributed by atoms with Gasteiger partial charge < -0.3 is 11.1 Å². The van der Waals surface area contributed by atoms with E-state index < -0.39 is 0 Å². The molecule has 1 saturated carbocycles. The van der Waals surface area contributed by atoms with E-state index in [0.717, 1.165) is 31.4 Å². The third-order valence-corrected chi connectivity index (χ3v) is 3.64. The van der Waals surface area contributed by atoms with Crippen LogP contribution in [0, 0.1) is 5.92 Å². The molecule has 1 amide bonds. The quantitative estimate of drug-likeness (QED) is 0.838. The van der Waals surface area contributed by atoms with E-state index in [1.165, 1.54) is 0 Å². The van der Waals surface area contributed by atoms with Crippen molar-refractivity contribution < 1.29 is 4.79 Å². The van der Waals surface area contributed by atoms with Gasteiger partial charge in [-0.15, -0.1) is 0 Å². The summed E-state index contributed by atoms with van der Waals surface area (Å²) in [4.78, 5) is 19.4. The van der Waals surface area contributed by atoms with Crippen molar-refractivity contribution in [1.82, 2.24) is 15.3 Å². The second-order valence-electron chi connectivity index (χ2n) is 4.97. The summed E-state index contributed by atoms with van der Waals surface area (Å²) < 4.78 is 0. The first kappa shape index (κ1) is 13.0. The topological polar surface area (TPSA) is 80.9 Å². The average molecular weight is 248 g/mol. The molecule has 0 spiro atoms. The number of nitrogens with two attached hydrogens (primary N) is 1. The minimum absolute atomic E-state index is 0.0647. The number of aromatic nitrogens is 2. The van der Waals surface area contributed by atoms with Crippen LogP contribution in [0.3, 0.4) is 0 Å². The molecule has 3 N–H and O–H groups in total. The van der Waals surface area contributed by atoms with Gasteiger partial charge in [-0.1, -0.05) is 0 Å². The Morgan fingerprint density at radius 3 is 2.67 bits per heavy atom. The molecule has 5 heteroatoms. The lowest BCUT2D eigenvalue weighted by atomic mass is 9.85. The zero-order valence-electron chi connectivity index (χ0n) is 10.7. The first-order valence-electron chi connectivity index (χ1n) is 6.48. The van der Waals surface area contributed by atoms with Crippen LogP contribution in [0.2, 0.25) is 0 Å². The van der Waals surface area contributed by atoms with E-state index in [1.54, 1.807) is 18.6 Å². The first-order chi connectivity index (χ1) is 8.66. The molecule has 1 atom stereocenters. The molecule has 0 saturated heterocycles. The van der Waals surface area contributed by atoms with Gasteiger partial charge >= 0.3 is 0 Å². The van der Waals surface area contributed by atoms with Crippen molar-refractivity contribution in [3.05, 3.63) is 24.3 Å². The largest absolute Gasteiger partial charge is 0.369 e. The monoisotopic (exact) mass is 248 g/mol. The molecule has 1 aromatic rings. The van der Waals surface area contributed by atoms with E-state index >= 15 is 0 Å². The first-order valence-corrected chi connectivity index (χ1v) is 6.48. The van der Waals surface area contributed by atoms with Gasteiger partial charge in [-0.25, -0.2) is 0 Å². The highest BCUT2D eigenvalue weighted by molar-refractivity contribution is 5.76. The summed E-state index contributed by atoms with van der Waals surface area (Å²) in [6.07, 6.45) is 8.94. The minimum Gasteiger partial charge on any atom is -0.369 e. The lowest BCUT2D eigenvalue weighted by Crippen LogP contribution is -2.38. The molecule has 1 aromatic heterocycles. The molecular weight excluding hydrogens is 228 g/mol. The second kappa shape index (κ2) is 5.91. The Morgan fingerprint density at radius 2 is 2.11 bits per heavy atom. The van der Waals surface area contributed by atoms with Crippen LogP contribution in [-0.2, 0) is 4.79 Å². The summed E-state index contributed by atoms with van der Waals surface area (Å²) in [6.45, 7) is 2.09. The molecule has 0 aliphatic heterocycles. The number of hydrogen-bond acceptors (Lipinski definition) is 4. The third kappa shape index (κ3) is 3.26. The van der Waals surface area contributed by atoms with Gasteiger partial charge in [0.15, 0.2) is 0 Å². The van der Waals surface area contributed by atoms with Crippen molar-refractivity contribution >= 4 is 5.91 Å². The van der Waals surface area contributed by atoms with Crippen molar-refractivity contribution in [3.8, 4) is 0 Å². The minimum atomic E-state index is -0.157. The number of primary amides is 1. The summed E-state index contributed by atoms with van der Waals surface area (Å²) in [5.41, 5.74) is 6.28. The number of nitrogens with zero attached hydrogens (tertiary/aromatic N) is 2. The van der Waals surface area contributed by atoms with Crippen molar-refractivity contribution in [2.45, 2.75) is 44.7 Å². The Labute approximate surface area is 107 Å². The standard InChI is InChI=1S/C13H20N4O/c1-9(12-8-15-6-7-16-12)17-11-4-2-10(3-5-11)13(14)18/h6-11,17H,2-5H2,1H3,(H2,14,18). The zero-order valence-corrected chi connectivity index (χ0v) is 10.7. The lowest BCUT2D eigenvalue weighted by Gasteiger charge is -2.29. The molecule has 98 valence electrons. The Kier molecular flexibility index (Phi) is 4.25. The molecule has 1 unspecified atom stereocenters. The van der Waals surface area contributed by atoms with Crippen LogP contribution in [0.1, 0.15) is 44.3 Å². The number of amides is 1. The van der Waals surface area contributed by atoms with Gasteiger partial charge in [-0.3, -0.25) is 14.8 Å². The Balaban J connectivity index is 1.83. The fourth-order valence-corrected chi connectivity index (χ4v) is 2.52. The number of hydrogen-bond donors (Lipinski definition) is 2. The molecule has 1 aliphatic carbocycles. The Bertz CT molecular complexity index is 387. The predicted molar refractivity (Wildman–Crippen MR) is 68.5 cm³/mol. The molecule has 0 bridgehead atoms. The Morgan fingerprint density at radius 1 is 1.39 bits per heavy atom. The molecule has 5 nitrogen and oxygen atoms in total. The molecule has 1 aliphatic rings. The summed E-state index contributed by atoms with van der Waals surface area (Å²) in [6, 6.07) is 0.631. The van der Waals surface area contributed by atoms with Crippen LogP contribution in [0.4, 0.5) is 0 Å². The van der Waals surface area contributed by atoms with Gasteiger partial charge in [-0.05, 0) is 32.6 Å². The number of nitrogens with one attached hydrogen (secondary N) is 1. The fourth-order valence-electron chi connectivity index (χ4n) is 2.52. The van der Waals surface area contributed by atoms with E-state index in [0.29, 0.717) is 6.04 Å². The van der Waals surface area contributed by atoms with E-state index in [9.17, 15) is 4.79 Å². The average Bonchev–Trinajstić information content (AvgIpc) is 2.40. The van der Waals surface area contributed by atoms with Gasteiger partial charge in [0.1, 0.15) is 0 Å². The van der Waals surface area contributed by atoms with Crippen LogP contribution in [0.25, 0.3) is 0 Å².